The standard InChI is InChI=1S/C22H26N2O2/c1-16(2)12-24-13-21(11-23-24)19-9-17(3)22(20(10-19)14-25)26-15-18-7-5-4-6-8-18/h4-11,13,16,25H,12,14-15H2,1-3H3. The molecule has 0 aliphatic heterocycles. The summed E-state index contributed by atoms with van der Waals surface area (Å²) in [6.07, 6.45) is 3.93. The van der Waals surface area contributed by atoms with Gasteiger partial charge in [0.1, 0.15) is 12.4 Å². The molecule has 0 fully saturated rings. The average Bonchev–Trinajstić information content (AvgIpc) is 3.08. The normalized spacial score (nSPS) is 11.1. The van der Waals surface area contributed by atoms with Gasteiger partial charge in [-0.25, -0.2) is 0 Å². The Morgan fingerprint density at radius 1 is 1.12 bits per heavy atom. The molecular weight excluding hydrogens is 324 g/mol. The Morgan fingerprint density at radius 2 is 1.88 bits per heavy atom. The van der Waals surface area contributed by atoms with Crippen molar-refractivity contribution in [3.8, 4) is 16.9 Å². The molecule has 0 aliphatic rings. The lowest BCUT2D eigenvalue weighted by molar-refractivity contribution is 0.258. The number of aliphatic hydroxyl groups is 1. The summed E-state index contributed by atoms with van der Waals surface area (Å²) in [5, 5.41) is 14.3. The van der Waals surface area contributed by atoms with E-state index in [1.54, 1.807) is 0 Å². The Bertz CT molecular complexity index is 854. The number of ether oxygens (including phenoxy) is 1. The molecular formula is C22H26N2O2. The van der Waals surface area contributed by atoms with Crippen LogP contribution in [0.4, 0.5) is 0 Å². The molecule has 0 saturated heterocycles. The third kappa shape index (κ3) is 4.33. The van der Waals surface area contributed by atoms with Gasteiger partial charge in [-0.1, -0.05) is 44.2 Å². The minimum absolute atomic E-state index is 0.0566. The first-order chi connectivity index (χ1) is 12.6. The predicted molar refractivity (Wildman–Crippen MR) is 104 cm³/mol. The van der Waals surface area contributed by atoms with Crippen LogP contribution in [0.25, 0.3) is 11.1 Å². The molecule has 26 heavy (non-hydrogen) atoms. The van der Waals surface area contributed by atoms with Gasteiger partial charge in [-0.2, -0.15) is 5.10 Å². The number of nitrogens with zero attached hydrogens (tertiary/aromatic N) is 2. The number of benzene rings is 2. The average molecular weight is 350 g/mol. The molecule has 4 heteroatoms. The highest BCUT2D eigenvalue weighted by molar-refractivity contribution is 5.66. The molecule has 4 nitrogen and oxygen atoms in total. The maximum atomic E-state index is 9.83. The molecule has 1 aromatic heterocycles. The Hall–Kier alpha value is -2.59. The quantitative estimate of drug-likeness (QED) is 0.678. The van der Waals surface area contributed by atoms with Crippen molar-refractivity contribution < 1.29 is 9.84 Å². The minimum atomic E-state index is -0.0566. The van der Waals surface area contributed by atoms with Crippen LogP contribution in [0.1, 0.15) is 30.5 Å². The molecule has 0 atom stereocenters. The van der Waals surface area contributed by atoms with E-state index in [0.29, 0.717) is 12.5 Å². The Balaban J connectivity index is 1.83. The second-order valence-electron chi connectivity index (χ2n) is 7.06. The van der Waals surface area contributed by atoms with Crippen LogP contribution in [0.5, 0.6) is 5.75 Å². The molecule has 0 bridgehead atoms. The van der Waals surface area contributed by atoms with E-state index in [4.69, 9.17) is 4.74 Å². The number of hydrogen-bond acceptors (Lipinski definition) is 3. The van der Waals surface area contributed by atoms with Crippen molar-refractivity contribution in [2.45, 2.75) is 40.5 Å². The molecule has 0 saturated carbocycles. The van der Waals surface area contributed by atoms with Crippen LogP contribution in [-0.2, 0) is 19.8 Å². The lowest BCUT2D eigenvalue weighted by Crippen LogP contribution is -2.04. The van der Waals surface area contributed by atoms with Crippen molar-refractivity contribution in [1.29, 1.82) is 0 Å². The van der Waals surface area contributed by atoms with Crippen molar-refractivity contribution in [3.63, 3.8) is 0 Å². The summed E-state index contributed by atoms with van der Waals surface area (Å²) in [6, 6.07) is 14.1. The highest BCUT2D eigenvalue weighted by Crippen LogP contribution is 2.31. The number of aromatic nitrogens is 2. The van der Waals surface area contributed by atoms with Crippen molar-refractivity contribution in [1.82, 2.24) is 9.78 Å². The first-order valence-electron chi connectivity index (χ1n) is 9.00. The van der Waals surface area contributed by atoms with Crippen LogP contribution in [-0.4, -0.2) is 14.9 Å². The summed E-state index contributed by atoms with van der Waals surface area (Å²) in [5.41, 5.74) is 5.02. The van der Waals surface area contributed by atoms with Crippen LogP contribution < -0.4 is 4.74 Å². The summed E-state index contributed by atoms with van der Waals surface area (Å²) >= 11 is 0. The highest BCUT2D eigenvalue weighted by Gasteiger charge is 2.12. The predicted octanol–water partition coefficient (Wildman–Crippen LogP) is 4.59. The van der Waals surface area contributed by atoms with Gasteiger partial charge in [-0.05, 0) is 41.7 Å². The molecule has 136 valence electrons. The van der Waals surface area contributed by atoms with Crippen molar-refractivity contribution in [2.24, 2.45) is 5.92 Å². The van der Waals surface area contributed by atoms with Gasteiger partial charge in [0.2, 0.25) is 0 Å². The summed E-state index contributed by atoms with van der Waals surface area (Å²) < 4.78 is 7.98. The van der Waals surface area contributed by atoms with Gasteiger partial charge < -0.3 is 9.84 Å². The van der Waals surface area contributed by atoms with E-state index >= 15 is 0 Å². The third-order valence-corrected chi connectivity index (χ3v) is 4.27. The van der Waals surface area contributed by atoms with Crippen LogP contribution in [0.3, 0.4) is 0 Å². The van der Waals surface area contributed by atoms with E-state index in [9.17, 15) is 5.11 Å². The summed E-state index contributed by atoms with van der Waals surface area (Å²) in [4.78, 5) is 0. The Kier molecular flexibility index (Phi) is 5.74. The van der Waals surface area contributed by atoms with E-state index in [1.165, 1.54) is 0 Å². The number of aliphatic hydroxyl groups excluding tert-OH is 1. The third-order valence-electron chi connectivity index (χ3n) is 4.27. The molecule has 1 N–H and O–H groups in total. The second kappa shape index (κ2) is 8.19. The minimum Gasteiger partial charge on any atom is -0.488 e. The zero-order valence-corrected chi connectivity index (χ0v) is 15.6. The lowest BCUT2D eigenvalue weighted by Gasteiger charge is -2.15. The molecule has 0 unspecified atom stereocenters. The molecule has 0 radical (unpaired) electrons. The maximum absolute atomic E-state index is 9.83. The molecule has 3 aromatic rings. The lowest BCUT2D eigenvalue weighted by atomic mass is 10.0. The van der Waals surface area contributed by atoms with Crippen molar-refractivity contribution in [2.75, 3.05) is 0 Å². The molecule has 3 rings (SSSR count). The van der Waals surface area contributed by atoms with Crippen molar-refractivity contribution >= 4 is 0 Å². The fraction of sp³-hybridized carbons (Fsp3) is 0.318. The van der Waals surface area contributed by atoms with Crippen LogP contribution >= 0.6 is 0 Å². The molecule has 0 amide bonds. The van der Waals surface area contributed by atoms with Gasteiger partial charge in [-0.15, -0.1) is 0 Å². The van der Waals surface area contributed by atoms with Crippen molar-refractivity contribution in [3.05, 3.63) is 71.5 Å². The van der Waals surface area contributed by atoms with E-state index in [2.05, 4.69) is 31.2 Å². The van der Waals surface area contributed by atoms with Gasteiger partial charge in [0.25, 0.3) is 0 Å². The zero-order chi connectivity index (χ0) is 18.5. The molecule has 1 heterocycles. The van der Waals surface area contributed by atoms with E-state index in [1.807, 2.05) is 54.2 Å². The van der Waals surface area contributed by atoms with E-state index in [-0.39, 0.29) is 6.61 Å². The van der Waals surface area contributed by atoms with E-state index < -0.39 is 0 Å². The number of hydrogen-bond donors (Lipinski definition) is 1. The Morgan fingerprint density at radius 3 is 2.58 bits per heavy atom. The highest BCUT2D eigenvalue weighted by atomic mass is 16.5. The maximum Gasteiger partial charge on any atom is 0.128 e. The van der Waals surface area contributed by atoms with Gasteiger partial charge in [-0.3, -0.25) is 4.68 Å². The fourth-order valence-corrected chi connectivity index (χ4v) is 3.05. The summed E-state index contributed by atoms with van der Waals surface area (Å²) in [7, 11) is 0. The first-order valence-corrected chi connectivity index (χ1v) is 9.00. The van der Waals surface area contributed by atoms with Gasteiger partial charge >= 0.3 is 0 Å². The van der Waals surface area contributed by atoms with Gasteiger partial charge in [0, 0.05) is 23.9 Å². The SMILES string of the molecule is Cc1cc(-c2cnn(CC(C)C)c2)cc(CO)c1OCc1ccccc1. The Labute approximate surface area is 155 Å². The topological polar surface area (TPSA) is 47.3 Å². The molecule has 0 aliphatic carbocycles. The number of rotatable bonds is 7. The second-order valence-corrected chi connectivity index (χ2v) is 7.06. The summed E-state index contributed by atoms with van der Waals surface area (Å²) in [6.45, 7) is 7.69. The largest absolute Gasteiger partial charge is 0.488 e. The van der Waals surface area contributed by atoms with Crippen LogP contribution in [0.2, 0.25) is 0 Å². The van der Waals surface area contributed by atoms with Gasteiger partial charge in [0.05, 0.1) is 12.8 Å². The monoisotopic (exact) mass is 350 g/mol. The molecule has 2 aromatic carbocycles. The number of aryl methyl sites for hydroxylation is 1. The summed E-state index contributed by atoms with van der Waals surface area (Å²) in [5.74, 6) is 1.31. The first kappa shape index (κ1) is 18.2. The van der Waals surface area contributed by atoms with Crippen LogP contribution in [0, 0.1) is 12.8 Å². The van der Waals surface area contributed by atoms with Crippen LogP contribution in [0.15, 0.2) is 54.9 Å². The fourth-order valence-electron chi connectivity index (χ4n) is 3.05. The van der Waals surface area contributed by atoms with E-state index in [0.717, 1.165) is 40.1 Å². The zero-order valence-electron chi connectivity index (χ0n) is 15.6. The smallest absolute Gasteiger partial charge is 0.128 e. The van der Waals surface area contributed by atoms with Gasteiger partial charge in [0.15, 0.2) is 0 Å². The molecule has 0 spiro atoms.